The Morgan fingerprint density at radius 1 is 1.10 bits per heavy atom. The molecule has 21 heavy (non-hydrogen) atoms. The van der Waals surface area contributed by atoms with Crippen LogP contribution >= 0.6 is 15.9 Å². The second-order valence-electron chi connectivity index (χ2n) is 4.32. The first-order valence-electron chi connectivity index (χ1n) is 6.13. The van der Waals surface area contributed by atoms with Gasteiger partial charge in [-0.25, -0.2) is 0 Å². The molecule has 0 aliphatic rings. The molecule has 0 saturated heterocycles. The van der Waals surface area contributed by atoms with Gasteiger partial charge in [-0.15, -0.1) is 0 Å². The van der Waals surface area contributed by atoms with Crippen LogP contribution < -0.4 is 10.6 Å². The van der Waals surface area contributed by atoms with Crippen LogP contribution in [-0.2, 0) is 4.79 Å². The SMILES string of the molecule is Nc1ccccc1N(CC(=O)O)C(=O)c1ccccc1Br. The van der Waals surface area contributed by atoms with Gasteiger partial charge in [0.15, 0.2) is 0 Å². The van der Waals surface area contributed by atoms with Crippen LogP contribution in [0.4, 0.5) is 11.4 Å². The Balaban J connectivity index is 2.46. The predicted molar refractivity (Wildman–Crippen MR) is 84.3 cm³/mol. The lowest BCUT2D eigenvalue weighted by Crippen LogP contribution is -2.36. The van der Waals surface area contributed by atoms with Gasteiger partial charge in [0.1, 0.15) is 6.54 Å². The number of amides is 1. The lowest BCUT2D eigenvalue weighted by Gasteiger charge is -2.23. The highest BCUT2D eigenvalue weighted by atomic mass is 79.9. The predicted octanol–water partition coefficient (Wildman–Crippen LogP) is 2.76. The largest absolute Gasteiger partial charge is 0.480 e. The maximum absolute atomic E-state index is 12.6. The number of carbonyl (C=O) groups is 2. The van der Waals surface area contributed by atoms with E-state index in [1.807, 2.05) is 0 Å². The van der Waals surface area contributed by atoms with Crippen LogP contribution in [0, 0.1) is 0 Å². The molecule has 0 aromatic heterocycles. The summed E-state index contributed by atoms with van der Waals surface area (Å²) in [4.78, 5) is 24.9. The van der Waals surface area contributed by atoms with E-state index in [2.05, 4.69) is 15.9 Å². The number of benzene rings is 2. The van der Waals surface area contributed by atoms with Gasteiger partial charge in [0.05, 0.1) is 16.9 Å². The number of aliphatic carboxylic acids is 1. The zero-order valence-electron chi connectivity index (χ0n) is 11.0. The van der Waals surface area contributed by atoms with Crippen molar-refractivity contribution < 1.29 is 14.7 Å². The highest BCUT2D eigenvalue weighted by Crippen LogP contribution is 2.26. The van der Waals surface area contributed by atoms with Crippen LogP contribution in [0.2, 0.25) is 0 Å². The number of nitrogens with zero attached hydrogens (tertiary/aromatic N) is 1. The lowest BCUT2D eigenvalue weighted by molar-refractivity contribution is -0.135. The lowest BCUT2D eigenvalue weighted by atomic mass is 10.1. The molecule has 0 spiro atoms. The van der Waals surface area contributed by atoms with Crippen molar-refractivity contribution in [2.24, 2.45) is 0 Å². The van der Waals surface area contributed by atoms with Crippen LogP contribution in [0.15, 0.2) is 53.0 Å². The first-order chi connectivity index (χ1) is 10.0. The van der Waals surface area contributed by atoms with Crippen molar-refractivity contribution in [2.75, 3.05) is 17.2 Å². The van der Waals surface area contributed by atoms with Crippen molar-refractivity contribution in [1.82, 2.24) is 0 Å². The maximum atomic E-state index is 12.6. The molecule has 0 aliphatic heterocycles. The second kappa shape index (κ2) is 6.41. The molecule has 3 N–H and O–H groups in total. The van der Waals surface area contributed by atoms with Crippen molar-refractivity contribution in [1.29, 1.82) is 0 Å². The molecule has 2 aromatic rings. The molecule has 2 aromatic carbocycles. The summed E-state index contributed by atoms with van der Waals surface area (Å²) >= 11 is 3.30. The number of nitrogen functional groups attached to an aromatic ring is 1. The number of rotatable bonds is 4. The average Bonchev–Trinajstić information content (AvgIpc) is 2.45. The van der Waals surface area contributed by atoms with E-state index in [-0.39, 0.29) is 0 Å². The third kappa shape index (κ3) is 3.41. The molecule has 1 amide bonds. The molecule has 6 heteroatoms. The fourth-order valence-corrected chi connectivity index (χ4v) is 2.37. The number of anilines is 2. The number of nitrogens with two attached hydrogens (primary N) is 1. The van der Waals surface area contributed by atoms with Gasteiger partial charge >= 0.3 is 5.97 Å². The van der Waals surface area contributed by atoms with E-state index in [1.165, 1.54) is 0 Å². The van der Waals surface area contributed by atoms with Crippen molar-refractivity contribution in [3.63, 3.8) is 0 Å². The fraction of sp³-hybridized carbons (Fsp3) is 0.0667. The van der Waals surface area contributed by atoms with E-state index in [0.29, 0.717) is 21.4 Å². The summed E-state index contributed by atoms with van der Waals surface area (Å²) in [6.45, 7) is -0.464. The number of para-hydroxylation sites is 2. The molecule has 2 rings (SSSR count). The summed E-state index contributed by atoms with van der Waals surface area (Å²) in [6.07, 6.45) is 0. The summed E-state index contributed by atoms with van der Waals surface area (Å²) in [7, 11) is 0. The topological polar surface area (TPSA) is 83.6 Å². The minimum Gasteiger partial charge on any atom is -0.480 e. The number of hydrogen-bond donors (Lipinski definition) is 2. The van der Waals surface area contributed by atoms with Crippen molar-refractivity contribution >= 4 is 39.2 Å². The molecule has 0 atom stereocenters. The van der Waals surface area contributed by atoms with Gasteiger partial charge in [-0.2, -0.15) is 0 Å². The maximum Gasteiger partial charge on any atom is 0.323 e. The number of halogens is 1. The van der Waals surface area contributed by atoms with Gasteiger partial charge < -0.3 is 10.8 Å². The Labute approximate surface area is 130 Å². The summed E-state index contributed by atoms with van der Waals surface area (Å²) in [5.41, 5.74) is 6.95. The number of carboxylic acid groups (broad SMARTS) is 1. The molecule has 0 fully saturated rings. The van der Waals surface area contributed by atoms with Crippen molar-refractivity contribution in [3.8, 4) is 0 Å². The van der Waals surface area contributed by atoms with Gasteiger partial charge in [-0.05, 0) is 40.2 Å². The highest BCUT2D eigenvalue weighted by Gasteiger charge is 2.23. The van der Waals surface area contributed by atoms with Gasteiger partial charge in [0, 0.05) is 4.47 Å². The van der Waals surface area contributed by atoms with Crippen LogP contribution in [0.3, 0.4) is 0 Å². The van der Waals surface area contributed by atoms with Crippen LogP contribution in [0.5, 0.6) is 0 Å². The molecular formula is C15H13BrN2O3. The van der Waals surface area contributed by atoms with E-state index in [1.54, 1.807) is 48.5 Å². The van der Waals surface area contributed by atoms with E-state index in [0.717, 1.165) is 4.90 Å². The third-order valence-electron chi connectivity index (χ3n) is 2.87. The van der Waals surface area contributed by atoms with Gasteiger partial charge in [0.2, 0.25) is 0 Å². The number of hydrogen-bond acceptors (Lipinski definition) is 3. The molecule has 0 bridgehead atoms. The Bertz CT molecular complexity index is 688. The van der Waals surface area contributed by atoms with Crippen LogP contribution in [0.1, 0.15) is 10.4 Å². The van der Waals surface area contributed by atoms with Gasteiger partial charge in [-0.1, -0.05) is 24.3 Å². The van der Waals surface area contributed by atoms with E-state index < -0.39 is 18.4 Å². The molecule has 0 aliphatic carbocycles. The number of carbonyl (C=O) groups excluding carboxylic acids is 1. The normalized spacial score (nSPS) is 10.1. The molecular weight excluding hydrogens is 336 g/mol. The summed E-state index contributed by atoms with van der Waals surface area (Å²) < 4.78 is 0.597. The van der Waals surface area contributed by atoms with Gasteiger partial charge in [0.25, 0.3) is 5.91 Å². The average molecular weight is 349 g/mol. The third-order valence-corrected chi connectivity index (χ3v) is 3.56. The second-order valence-corrected chi connectivity index (χ2v) is 5.18. The molecule has 5 nitrogen and oxygen atoms in total. The van der Waals surface area contributed by atoms with E-state index in [9.17, 15) is 9.59 Å². The number of carboxylic acids is 1. The summed E-state index contributed by atoms with van der Waals surface area (Å²) in [5, 5.41) is 9.05. The van der Waals surface area contributed by atoms with Gasteiger partial charge in [-0.3, -0.25) is 14.5 Å². The quantitative estimate of drug-likeness (QED) is 0.832. The van der Waals surface area contributed by atoms with E-state index >= 15 is 0 Å². The summed E-state index contributed by atoms with van der Waals surface area (Å²) in [6, 6.07) is 13.5. The smallest absolute Gasteiger partial charge is 0.323 e. The minimum atomic E-state index is -1.11. The minimum absolute atomic E-state index is 0.346. The fourth-order valence-electron chi connectivity index (χ4n) is 1.92. The standard InChI is InChI=1S/C15H13BrN2O3/c16-11-6-2-1-5-10(11)15(21)18(9-14(19)20)13-8-4-3-7-12(13)17/h1-8H,9,17H2,(H,19,20). The molecule has 0 radical (unpaired) electrons. The Morgan fingerprint density at radius 2 is 1.71 bits per heavy atom. The van der Waals surface area contributed by atoms with Crippen molar-refractivity contribution in [3.05, 3.63) is 58.6 Å². The van der Waals surface area contributed by atoms with Crippen LogP contribution in [-0.4, -0.2) is 23.5 Å². The zero-order chi connectivity index (χ0) is 15.4. The Kier molecular flexibility index (Phi) is 4.59. The highest BCUT2D eigenvalue weighted by molar-refractivity contribution is 9.10. The first-order valence-corrected chi connectivity index (χ1v) is 6.92. The van der Waals surface area contributed by atoms with E-state index in [4.69, 9.17) is 10.8 Å². The first kappa shape index (κ1) is 15.1. The zero-order valence-corrected chi connectivity index (χ0v) is 12.6. The monoisotopic (exact) mass is 348 g/mol. The molecule has 108 valence electrons. The molecule has 0 saturated carbocycles. The summed E-state index contributed by atoms with van der Waals surface area (Å²) in [5.74, 6) is -1.54. The molecule has 0 unspecified atom stereocenters. The van der Waals surface area contributed by atoms with Crippen LogP contribution in [0.25, 0.3) is 0 Å². The molecule has 0 heterocycles. The Morgan fingerprint density at radius 3 is 2.33 bits per heavy atom. The Hall–Kier alpha value is -2.34. The van der Waals surface area contributed by atoms with Crippen molar-refractivity contribution in [2.45, 2.75) is 0 Å².